The van der Waals surface area contributed by atoms with Crippen LogP contribution in [0.5, 0.6) is 0 Å². The van der Waals surface area contributed by atoms with Crippen LogP contribution < -0.4 is 17.1 Å². The summed E-state index contributed by atoms with van der Waals surface area (Å²) in [6.07, 6.45) is 17.2. The van der Waals surface area contributed by atoms with Crippen LogP contribution in [0.2, 0.25) is 0 Å². The minimum atomic E-state index is -0.455. The Hall–Kier alpha value is -1.71. The molecule has 218 valence electrons. The molecular weight excluding hydrogens is 498 g/mol. The molecule has 1 aromatic rings. The monoisotopic (exact) mass is 545 g/mol. The van der Waals surface area contributed by atoms with Gasteiger partial charge in [0.2, 0.25) is 0 Å². The van der Waals surface area contributed by atoms with Crippen LogP contribution in [-0.2, 0) is 29.1 Å². The summed E-state index contributed by atoms with van der Waals surface area (Å²) < 4.78 is 15.3. The van der Waals surface area contributed by atoms with Crippen molar-refractivity contribution in [3.63, 3.8) is 0 Å². The molecule has 6 rings (SSSR count). The molecular formula is C30H47N3O6. The second-order valence-electron chi connectivity index (χ2n) is 13.2. The fraction of sp³-hybridized carbons (Fsp3) is 0.900. The Bertz CT molecular complexity index is 1030. The number of aliphatic hydroxyl groups excluding tert-OH is 1. The lowest BCUT2D eigenvalue weighted by Crippen LogP contribution is -2.54. The molecule has 3 saturated carbocycles. The summed E-state index contributed by atoms with van der Waals surface area (Å²) in [5.74, 6) is 1.62. The van der Waals surface area contributed by atoms with Crippen molar-refractivity contribution >= 4 is 0 Å². The first-order valence-corrected chi connectivity index (χ1v) is 15.9. The third kappa shape index (κ3) is 6.62. The lowest BCUT2D eigenvalue weighted by molar-refractivity contribution is 0.0970. The molecule has 8 unspecified atom stereocenters. The quantitative estimate of drug-likeness (QED) is 0.404. The van der Waals surface area contributed by atoms with E-state index in [-0.39, 0.29) is 6.10 Å². The average Bonchev–Trinajstić information content (AvgIpc) is 3.85. The molecule has 0 aromatic carbocycles. The van der Waals surface area contributed by atoms with Crippen molar-refractivity contribution in [2.75, 3.05) is 0 Å². The zero-order valence-electron chi connectivity index (χ0n) is 23.4. The first-order chi connectivity index (χ1) is 19.0. The Morgan fingerprint density at radius 3 is 1.41 bits per heavy atom. The van der Waals surface area contributed by atoms with Gasteiger partial charge in [0, 0.05) is 19.6 Å². The second kappa shape index (κ2) is 12.0. The smallest absolute Gasteiger partial charge is 0.336 e. The number of hydrogen-bond donors (Lipinski definition) is 1. The summed E-state index contributed by atoms with van der Waals surface area (Å²) in [6, 6.07) is 0. The SMILES string of the molecule is O=c1n(CCCC2CCCC(O)C2)c(=O)n(CCCC2CCC3OC3C2)c(=O)n1CCCC1CCC2OC2C1. The van der Waals surface area contributed by atoms with E-state index in [1.807, 2.05) is 0 Å². The number of aromatic nitrogens is 3. The van der Waals surface area contributed by atoms with E-state index in [9.17, 15) is 19.5 Å². The largest absolute Gasteiger partial charge is 0.393 e. The molecule has 1 N–H and O–H groups in total. The molecule has 9 nitrogen and oxygen atoms in total. The van der Waals surface area contributed by atoms with Gasteiger partial charge in [0.15, 0.2) is 0 Å². The molecule has 2 aliphatic heterocycles. The van der Waals surface area contributed by atoms with Gasteiger partial charge in [-0.2, -0.15) is 0 Å². The molecule has 9 heteroatoms. The topological polar surface area (TPSA) is 111 Å². The van der Waals surface area contributed by atoms with Gasteiger partial charge in [-0.25, -0.2) is 28.1 Å². The van der Waals surface area contributed by atoms with Crippen LogP contribution in [0.4, 0.5) is 0 Å². The predicted molar refractivity (Wildman–Crippen MR) is 147 cm³/mol. The number of rotatable bonds is 12. The minimum absolute atomic E-state index is 0.228. The molecule has 3 aliphatic carbocycles. The zero-order valence-corrected chi connectivity index (χ0v) is 23.4. The lowest BCUT2D eigenvalue weighted by atomic mass is 9.84. The van der Waals surface area contributed by atoms with Crippen molar-refractivity contribution < 1.29 is 14.6 Å². The van der Waals surface area contributed by atoms with Gasteiger partial charge >= 0.3 is 17.1 Å². The maximum atomic E-state index is 13.4. The van der Waals surface area contributed by atoms with E-state index in [0.717, 1.165) is 96.3 Å². The van der Waals surface area contributed by atoms with Crippen LogP contribution in [0.25, 0.3) is 0 Å². The molecule has 8 atom stereocenters. The van der Waals surface area contributed by atoms with Gasteiger partial charge in [0.05, 0.1) is 30.5 Å². The van der Waals surface area contributed by atoms with Gasteiger partial charge < -0.3 is 14.6 Å². The van der Waals surface area contributed by atoms with Crippen molar-refractivity contribution in [1.82, 2.24) is 13.7 Å². The number of hydrogen-bond acceptors (Lipinski definition) is 6. The Balaban J connectivity index is 1.12. The first kappa shape index (κ1) is 27.5. The normalized spacial score (nSPS) is 35.3. The molecule has 2 saturated heterocycles. The van der Waals surface area contributed by atoms with E-state index in [1.165, 1.54) is 13.7 Å². The summed E-state index contributed by atoms with van der Waals surface area (Å²) in [7, 11) is 0. The van der Waals surface area contributed by atoms with Crippen LogP contribution >= 0.6 is 0 Å². The van der Waals surface area contributed by atoms with Gasteiger partial charge in [0.25, 0.3) is 0 Å². The second-order valence-corrected chi connectivity index (χ2v) is 13.2. The maximum Gasteiger partial charge on any atom is 0.336 e. The van der Waals surface area contributed by atoms with E-state index >= 15 is 0 Å². The third-order valence-corrected chi connectivity index (χ3v) is 10.3. The predicted octanol–water partition coefficient (Wildman–Crippen LogP) is 3.20. The van der Waals surface area contributed by atoms with Gasteiger partial charge in [-0.05, 0) is 108 Å². The molecule has 0 bridgehead atoms. The Labute approximate surface area is 230 Å². The van der Waals surface area contributed by atoms with E-state index in [0.29, 0.717) is 68.2 Å². The summed E-state index contributed by atoms with van der Waals surface area (Å²) in [6.45, 7) is 1.05. The van der Waals surface area contributed by atoms with Gasteiger partial charge in [-0.15, -0.1) is 0 Å². The van der Waals surface area contributed by atoms with Gasteiger partial charge in [-0.3, -0.25) is 0 Å². The van der Waals surface area contributed by atoms with Crippen LogP contribution in [0, 0.1) is 17.8 Å². The van der Waals surface area contributed by atoms with E-state index in [1.54, 1.807) is 0 Å². The first-order valence-electron chi connectivity index (χ1n) is 15.9. The highest BCUT2D eigenvalue weighted by Crippen LogP contribution is 2.41. The van der Waals surface area contributed by atoms with Crippen LogP contribution in [-0.4, -0.2) is 49.3 Å². The van der Waals surface area contributed by atoms with Crippen molar-refractivity contribution in [3.8, 4) is 0 Å². The highest BCUT2D eigenvalue weighted by atomic mass is 16.6. The minimum Gasteiger partial charge on any atom is -0.393 e. The van der Waals surface area contributed by atoms with Gasteiger partial charge in [0.1, 0.15) is 0 Å². The number of epoxide rings is 2. The van der Waals surface area contributed by atoms with E-state index < -0.39 is 17.1 Å². The number of aliphatic hydroxyl groups is 1. The lowest BCUT2D eigenvalue weighted by Gasteiger charge is -2.25. The summed E-state index contributed by atoms with van der Waals surface area (Å²) in [4.78, 5) is 40.3. The van der Waals surface area contributed by atoms with Gasteiger partial charge in [-0.1, -0.05) is 12.8 Å². The van der Waals surface area contributed by atoms with Crippen molar-refractivity contribution in [1.29, 1.82) is 0 Å². The Morgan fingerprint density at radius 2 is 1.00 bits per heavy atom. The van der Waals surface area contributed by atoms with Crippen molar-refractivity contribution in [2.45, 2.75) is 153 Å². The van der Waals surface area contributed by atoms with Crippen LogP contribution in [0.3, 0.4) is 0 Å². The molecule has 39 heavy (non-hydrogen) atoms. The van der Waals surface area contributed by atoms with E-state index in [4.69, 9.17) is 9.47 Å². The fourth-order valence-electron chi connectivity index (χ4n) is 7.89. The van der Waals surface area contributed by atoms with Crippen LogP contribution in [0.15, 0.2) is 14.4 Å². The fourth-order valence-corrected chi connectivity index (χ4v) is 7.89. The summed E-state index contributed by atoms with van der Waals surface area (Å²) >= 11 is 0. The molecule has 5 fully saturated rings. The van der Waals surface area contributed by atoms with E-state index in [2.05, 4.69) is 0 Å². The molecule has 1 aromatic heterocycles. The average molecular weight is 546 g/mol. The number of fused-ring (bicyclic) bond motifs is 2. The maximum absolute atomic E-state index is 13.4. The van der Waals surface area contributed by atoms with Crippen LogP contribution in [0.1, 0.15) is 103 Å². The zero-order chi connectivity index (χ0) is 26.9. The van der Waals surface area contributed by atoms with Crippen molar-refractivity contribution in [2.24, 2.45) is 17.8 Å². The highest BCUT2D eigenvalue weighted by molar-refractivity contribution is 4.93. The molecule has 0 spiro atoms. The summed E-state index contributed by atoms with van der Waals surface area (Å²) in [5, 5.41) is 10.0. The highest BCUT2D eigenvalue weighted by Gasteiger charge is 2.44. The number of nitrogens with zero attached hydrogens (tertiary/aromatic N) is 3. The standard InChI is InChI=1S/C30H47N3O6/c34-23-9-1-5-20(17-23)6-2-14-31-28(35)32(15-3-7-21-10-12-24-26(18-21)38-24)30(37)33(29(31)36)16-4-8-22-11-13-25-27(19-22)39-25/h20-27,34H,1-19H2. The Morgan fingerprint density at radius 1 is 0.564 bits per heavy atom. The Kier molecular flexibility index (Phi) is 8.47. The third-order valence-electron chi connectivity index (χ3n) is 10.3. The van der Waals surface area contributed by atoms with Crippen molar-refractivity contribution in [3.05, 3.63) is 31.5 Å². The molecule has 0 amide bonds. The molecule has 3 heterocycles. The number of ether oxygens (including phenoxy) is 2. The molecule has 5 aliphatic rings. The molecule has 0 radical (unpaired) electrons. The summed E-state index contributed by atoms with van der Waals surface area (Å²) in [5.41, 5.74) is -1.35.